The molecular formula is C32H39N3O4. The average molecular weight is 530 g/mol. The highest BCUT2D eigenvalue weighted by atomic mass is 16.6. The molecule has 7 heteroatoms. The first-order valence-corrected chi connectivity index (χ1v) is 13.7. The van der Waals surface area contributed by atoms with Gasteiger partial charge in [0, 0.05) is 38.3 Å². The van der Waals surface area contributed by atoms with E-state index in [1.54, 1.807) is 24.2 Å². The molecule has 0 spiro atoms. The molecule has 0 saturated carbocycles. The van der Waals surface area contributed by atoms with Crippen LogP contribution in [0.1, 0.15) is 85.7 Å². The van der Waals surface area contributed by atoms with Crippen molar-refractivity contribution in [3.05, 3.63) is 110 Å². The van der Waals surface area contributed by atoms with Gasteiger partial charge in [-0.3, -0.25) is 4.79 Å². The molecule has 1 aromatic heterocycles. The minimum atomic E-state index is -0.585. The molecule has 1 aliphatic rings. The van der Waals surface area contributed by atoms with Gasteiger partial charge in [0.15, 0.2) is 0 Å². The Morgan fingerprint density at radius 2 is 1.64 bits per heavy atom. The standard InChI is InChI=1S/C32H39N3O4/c1-22-8-6-7-9-27(22)28(20-29(33-38)26-14-15-30(36)34(5)21-26)25-12-10-23(11-13-25)24-16-18-35(19-17-24)31(37)39-32(2,3)4/h6-15,21,24,28-29H,16-20H2,1-5H3/t28-,29?/m1/s1. The topological polar surface area (TPSA) is 81.0 Å². The number of nitrogens with zero attached hydrogens (tertiary/aromatic N) is 3. The number of ether oxygens (including phenoxy) is 1. The van der Waals surface area contributed by atoms with Gasteiger partial charge in [0.1, 0.15) is 11.6 Å². The summed E-state index contributed by atoms with van der Waals surface area (Å²) in [6, 6.07) is 19.5. The van der Waals surface area contributed by atoms with Crippen molar-refractivity contribution in [3.63, 3.8) is 0 Å². The molecule has 206 valence electrons. The largest absolute Gasteiger partial charge is 0.444 e. The number of hydrogen-bond donors (Lipinski definition) is 0. The van der Waals surface area contributed by atoms with Gasteiger partial charge in [0.2, 0.25) is 5.56 Å². The molecule has 1 amide bonds. The first kappa shape index (κ1) is 28.3. The van der Waals surface area contributed by atoms with Gasteiger partial charge in [0.25, 0.3) is 0 Å². The van der Waals surface area contributed by atoms with Crippen LogP contribution >= 0.6 is 0 Å². The highest BCUT2D eigenvalue weighted by Crippen LogP contribution is 2.38. The maximum Gasteiger partial charge on any atom is 0.410 e. The predicted molar refractivity (Wildman–Crippen MR) is 154 cm³/mol. The Bertz CT molecular complexity index is 1350. The Balaban J connectivity index is 1.53. The maximum absolute atomic E-state index is 12.4. The van der Waals surface area contributed by atoms with Crippen molar-refractivity contribution in [1.82, 2.24) is 9.47 Å². The second kappa shape index (κ2) is 12.0. The molecule has 1 fully saturated rings. The fraction of sp³-hybridized carbons (Fsp3) is 0.438. The number of piperidine rings is 1. The number of hydrogen-bond acceptors (Lipinski definition) is 5. The molecule has 1 saturated heterocycles. The van der Waals surface area contributed by atoms with E-state index in [1.165, 1.54) is 16.2 Å². The summed E-state index contributed by atoms with van der Waals surface area (Å²) in [6.07, 6.45) is 3.75. The normalized spacial score (nSPS) is 16.0. The Morgan fingerprint density at radius 1 is 1.00 bits per heavy atom. The van der Waals surface area contributed by atoms with E-state index < -0.39 is 11.6 Å². The molecule has 0 bridgehead atoms. The molecule has 2 aromatic carbocycles. The number of aromatic nitrogens is 1. The van der Waals surface area contributed by atoms with Gasteiger partial charge >= 0.3 is 6.09 Å². The zero-order chi connectivity index (χ0) is 28.2. The fourth-order valence-corrected chi connectivity index (χ4v) is 5.42. The van der Waals surface area contributed by atoms with Crippen molar-refractivity contribution >= 4 is 6.09 Å². The SMILES string of the molecule is Cc1ccccc1[C@H](CC(N=O)c1ccc(=O)n(C)c1)c1ccc(C2CCN(C(=O)OC(C)(C)C)CC2)cc1. The second-order valence-electron chi connectivity index (χ2n) is 11.6. The quantitative estimate of drug-likeness (QED) is 0.314. The summed E-state index contributed by atoms with van der Waals surface area (Å²) in [7, 11) is 1.68. The van der Waals surface area contributed by atoms with Crippen LogP contribution in [-0.2, 0) is 11.8 Å². The molecular weight excluding hydrogens is 490 g/mol. The van der Waals surface area contributed by atoms with E-state index in [-0.39, 0.29) is 17.6 Å². The number of nitroso groups, excluding NO2 is 1. The van der Waals surface area contributed by atoms with Crippen molar-refractivity contribution in [2.24, 2.45) is 12.2 Å². The van der Waals surface area contributed by atoms with E-state index in [9.17, 15) is 14.5 Å². The van der Waals surface area contributed by atoms with Crippen LogP contribution in [0.3, 0.4) is 0 Å². The Hall–Kier alpha value is -3.74. The summed E-state index contributed by atoms with van der Waals surface area (Å²) in [6.45, 7) is 9.11. The Labute approximate surface area is 230 Å². The lowest BCUT2D eigenvalue weighted by Crippen LogP contribution is -2.41. The van der Waals surface area contributed by atoms with E-state index in [0.29, 0.717) is 25.4 Å². The summed E-state index contributed by atoms with van der Waals surface area (Å²) in [5.74, 6) is 0.346. The van der Waals surface area contributed by atoms with E-state index in [4.69, 9.17) is 4.74 Å². The van der Waals surface area contributed by atoms with Gasteiger partial charge < -0.3 is 14.2 Å². The summed E-state index contributed by atoms with van der Waals surface area (Å²) in [4.78, 5) is 38.2. The molecule has 3 aromatic rings. The van der Waals surface area contributed by atoms with E-state index in [0.717, 1.165) is 35.1 Å². The van der Waals surface area contributed by atoms with E-state index in [1.807, 2.05) is 32.9 Å². The van der Waals surface area contributed by atoms with E-state index >= 15 is 0 Å². The Kier molecular flexibility index (Phi) is 8.68. The van der Waals surface area contributed by atoms with Crippen molar-refractivity contribution < 1.29 is 9.53 Å². The van der Waals surface area contributed by atoms with Gasteiger partial charge in [-0.05, 0) is 86.8 Å². The summed E-state index contributed by atoms with van der Waals surface area (Å²) >= 11 is 0. The fourth-order valence-electron chi connectivity index (χ4n) is 5.42. The van der Waals surface area contributed by atoms with Gasteiger partial charge in [-0.15, -0.1) is 0 Å². The summed E-state index contributed by atoms with van der Waals surface area (Å²) < 4.78 is 7.02. The number of amides is 1. The van der Waals surface area contributed by atoms with Crippen molar-refractivity contribution in [3.8, 4) is 0 Å². The second-order valence-corrected chi connectivity index (χ2v) is 11.6. The van der Waals surface area contributed by atoms with Crippen molar-refractivity contribution in [2.75, 3.05) is 13.1 Å². The number of rotatable bonds is 7. The molecule has 2 atom stereocenters. The number of benzene rings is 2. The maximum atomic E-state index is 12.4. The number of pyridine rings is 1. The monoisotopic (exact) mass is 529 g/mol. The number of aryl methyl sites for hydroxylation is 2. The van der Waals surface area contributed by atoms with Crippen LogP contribution in [0.15, 0.2) is 76.8 Å². The molecule has 1 aliphatic heterocycles. The molecule has 0 N–H and O–H groups in total. The lowest BCUT2D eigenvalue weighted by Gasteiger charge is -2.33. The third-order valence-corrected chi connectivity index (χ3v) is 7.60. The van der Waals surface area contributed by atoms with Crippen molar-refractivity contribution in [2.45, 2.75) is 70.4 Å². The Morgan fingerprint density at radius 3 is 2.23 bits per heavy atom. The van der Waals surface area contributed by atoms with Crippen LogP contribution in [0, 0.1) is 11.8 Å². The minimum absolute atomic E-state index is 0.0331. The van der Waals surface area contributed by atoms with E-state index in [2.05, 4.69) is 48.5 Å². The minimum Gasteiger partial charge on any atom is -0.444 e. The molecule has 0 aliphatic carbocycles. The number of carbonyl (C=O) groups excluding carboxylic acids is 1. The number of carbonyl (C=O) groups is 1. The van der Waals surface area contributed by atoms with Crippen molar-refractivity contribution in [1.29, 1.82) is 0 Å². The third-order valence-electron chi connectivity index (χ3n) is 7.60. The van der Waals surface area contributed by atoms with Gasteiger partial charge in [-0.2, -0.15) is 4.91 Å². The smallest absolute Gasteiger partial charge is 0.410 e. The molecule has 4 rings (SSSR count). The lowest BCUT2D eigenvalue weighted by atomic mass is 9.81. The van der Waals surface area contributed by atoms with Crippen LogP contribution in [-0.4, -0.2) is 34.3 Å². The number of likely N-dealkylation sites (tertiary alicyclic amines) is 1. The van der Waals surface area contributed by atoms with Crippen LogP contribution in [0.5, 0.6) is 0 Å². The molecule has 7 nitrogen and oxygen atoms in total. The third kappa shape index (κ3) is 7.02. The molecule has 2 heterocycles. The van der Waals surface area contributed by atoms with Crippen LogP contribution in [0.25, 0.3) is 0 Å². The predicted octanol–water partition coefficient (Wildman–Crippen LogP) is 6.84. The average Bonchev–Trinajstić information content (AvgIpc) is 2.91. The summed E-state index contributed by atoms with van der Waals surface area (Å²) in [5.41, 5.74) is 4.82. The zero-order valence-electron chi connectivity index (χ0n) is 23.6. The lowest BCUT2D eigenvalue weighted by molar-refractivity contribution is 0.0205. The van der Waals surface area contributed by atoms with Crippen LogP contribution < -0.4 is 5.56 Å². The van der Waals surface area contributed by atoms with Gasteiger partial charge in [-0.25, -0.2) is 4.79 Å². The first-order valence-electron chi connectivity index (χ1n) is 13.7. The zero-order valence-corrected chi connectivity index (χ0v) is 23.6. The highest BCUT2D eigenvalue weighted by Gasteiger charge is 2.28. The van der Waals surface area contributed by atoms with Crippen LogP contribution in [0.2, 0.25) is 0 Å². The van der Waals surface area contributed by atoms with Gasteiger partial charge in [-0.1, -0.05) is 53.7 Å². The molecule has 0 radical (unpaired) electrons. The molecule has 1 unspecified atom stereocenters. The molecule has 39 heavy (non-hydrogen) atoms. The summed E-state index contributed by atoms with van der Waals surface area (Å²) in [5, 5.41) is 3.48. The first-order chi connectivity index (χ1) is 18.6. The highest BCUT2D eigenvalue weighted by molar-refractivity contribution is 5.68. The van der Waals surface area contributed by atoms with Crippen LogP contribution in [0.4, 0.5) is 4.79 Å². The van der Waals surface area contributed by atoms with Gasteiger partial charge in [0.05, 0.1) is 0 Å².